The Morgan fingerprint density at radius 2 is 2.15 bits per heavy atom. The highest BCUT2D eigenvalue weighted by Crippen LogP contribution is 2.31. The summed E-state index contributed by atoms with van der Waals surface area (Å²) in [6, 6.07) is 8.51. The molecule has 2 rings (SSSR count). The zero-order chi connectivity index (χ0) is 9.10. The molecular weight excluding hydrogens is 200 g/mol. The summed E-state index contributed by atoms with van der Waals surface area (Å²) in [6.45, 7) is 0.718. The second-order valence-corrected chi connectivity index (χ2v) is 4.79. The molecule has 0 aliphatic carbocycles. The Kier molecular flexibility index (Phi) is 2.78. The van der Waals surface area contributed by atoms with Gasteiger partial charge < -0.3 is 4.74 Å². The van der Waals surface area contributed by atoms with E-state index in [0.29, 0.717) is 0 Å². The molecule has 0 N–H and O–H groups in total. The van der Waals surface area contributed by atoms with E-state index in [1.54, 1.807) is 29.8 Å². The lowest BCUT2D eigenvalue weighted by molar-refractivity contribution is 0.187. The van der Waals surface area contributed by atoms with Gasteiger partial charge in [-0.05, 0) is 23.6 Å². The van der Waals surface area contributed by atoms with Crippen molar-refractivity contribution in [1.82, 2.24) is 0 Å². The maximum atomic E-state index is 5.07. The first-order valence-corrected chi connectivity index (χ1v) is 5.71. The van der Waals surface area contributed by atoms with Gasteiger partial charge in [0.1, 0.15) is 0 Å². The van der Waals surface area contributed by atoms with Crippen LogP contribution in [0.5, 0.6) is 0 Å². The van der Waals surface area contributed by atoms with Crippen molar-refractivity contribution in [3.05, 3.63) is 34.5 Å². The minimum absolute atomic E-state index is 0.718. The average molecular weight is 210 g/mol. The fraction of sp³-hybridized carbons (Fsp3) is 0.200. The smallest absolute Gasteiger partial charge is 0.0805 e. The van der Waals surface area contributed by atoms with Crippen LogP contribution in [0.3, 0.4) is 0 Å². The lowest BCUT2D eigenvalue weighted by Crippen LogP contribution is -1.79. The van der Waals surface area contributed by atoms with Gasteiger partial charge in [-0.3, -0.25) is 0 Å². The van der Waals surface area contributed by atoms with Crippen molar-refractivity contribution in [1.29, 1.82) is 0 Å². The van der Waals surface area contributed by atoms with Crippen LogP contribution in [0.2, 0.25) is 0 Å². The predicted molar refractivity (Wildman–Crippen MR) is 58.3 cm³/mol. The van der Waals surface area contributed by atoms with E-state index in [-0.39, 0.29) is 0 Å². The second kappa shape index (κ2) is 4.05. The fourth-order valence-electron chi connectivity index (χ4n) is 1.15. The van der Waals surface area contributed by atoms with Gasteiger partial charge in [-0.15, -0.1) is 22.7 Å². The van der Waals surface area contributed by atoms with Crippen molar-refractivity contribution < 1.29 is 4.74 Å². The Morgan fingerprint density at radius 3 is 2.85 bits per heavy atom. The van der Waals surface area contributed by atoms with Crippen molar-refractivity contribution >= 4 is 22.7 Å². The summed E-state index contributed by atoms with van der Waals surface area (Å²) in [6.07, 6.45) is 0. The Bertz CT molecular complexity index is 362. The molecule has 13 heavy (non-hydrogen) atoms. The van der Waals surface area contributed by atoms with Gasteiger partial charge in [-0.25, -0.2) is 0 Å². The summed E-state index contributed by atoms with van der Waals surface area (Å²) in [7, 11) is 1.73. The molecule has 0 atom stereocenters. The third kappa shape index (κ3) is 1.99. The molecule has 0 amide bonds. The van der Waals surface area contributed by atoms with E-state index in [1.165, 1.54) is 14.6 Å². The largest absolute Gasteiger partial charge is 0.379 e. The molecule has 0 saturated carbocycles. The van der Waals surface area contributed by atoms with Crippen LogP contribution in [-0.4, -0.2) is 7.11 Å². The molecule has 3 heteroatoms. The molecule has 0 unspecified atom stereocenters. The highest BCUT2D eigenvalue weighted by atomic mass is 32.1. The van der Waals surface area contributed by atoms with Gasteiger partial charge >= 0.3 is 0 Å². The minimum Gasteiger partial charge on any atom is -0.379 e. The van der Waals surface area contributed by atoms with Crippen LogP contribution in [0.1, 0.15) is 4.88 Å². The van der Waals surface area contributed by atoms with Crippen LogP contribution >= 0.6 is 22.7 Å². The Morgan fingerprint density at radius 1 is 1.23 bits per heavy atom. The molecule has 2 aromatic heterocycles. The van der Waals surface area contributed by atoms with E-state index < -0.39 is 0 Å². The molecule has 0 bridgehead atoms. The topological polar surface area (TPSA) is 9.23 Å². The Labute approximate surface area is 85.6 Å². The lowest BCUT2D eigenvalue weighted by atomic mass is 10.4. The van der Waals surface area contributed by atoms with E-state index in [4.69, 9.17) is 4.74 Å². The number of ether oxygens (including phenoxy) is 1. The van der Waals surface area contributed by atoms with Gasteiger partial charge in [0.05, 0.1) is 6.61 Å². The molecule has 0 fully saturated rings. The van der Waals surface area contributed by atoms with Crippen LogP contribution in [0.25, 0.3) is 9.75 Å². The monoisotopic (exact) mass is 210 g/mol. The summed E-state index contributed by atoms with van der Waals surface area (Å²) in [5.74, 6) is 0. The molecule has 1 nitrogen and oxygen atoms in total. The van der Waals surface area contributed by atoms with Gasteiger partial charge in [0, 0.05) is 21.7 Å². The molecule has 0 spiro atoms. The number of hydrogen-bond acceptors (Lipinski definition) is 3. The Balaban J connectivity index is 2.23. The molecule has 0 aromatic carbocycles. The van der Waals surface area contributed by atoms with Crippen molar-refractivity contribution in [2.24, 2.45) is 0 Å². The van der Waals surface area contributed by atoms with Gasteiger partial charge in [-0.2, -0.15) is 0 Å². The molecule has 0 radical (unpaired) electrons. The van der Waals surface area contributed by atoms with Crippen molar-refractivity contribution in [3.63, 3.8) is 0 Å². The maximum Gasteiger partial charge on any atom is 0.0805 e. The summed E-state index contributed by atoms with van der Waals surface area (Å²) in [5, 5.41) is 2.10. The molecule has 0 aliphatic heterocycles. The van der Waals surface area contributed by atoms with Gasteiger partial charge in [0.25, 0.3) is 0 Å². The van der Waals surface area contributed by atoms with Crippen LogP contribution in [0, 0.1) is 0 Å². The number of hydrogen-bond donors (Lipinski definition) is 0. The number of rotatable bonds is 3. The van der Waals surface area contributed by atoms with E-state index in [1.807, 2.05) is 0 Å². The summed E-state index contributed by atoms with van der Waals surface area (Å²) >= 11 is 3.58. The normalized spacial score (nSPS) is 10.5. The molecule has 0 aliphatic rings. The van der Waals surface area contributed by atoms with E-state index in [9.17, 15) is 0 Å². The first-order chi connectivity index (χ1) is 6.40. The van der Waals surface area contributed by atoms with Crippen molar-refractivity contribution in [2.45, 2.75) is 6.61 Å². The minimum atomic E-state index is 0.718. The number of methoxy groups -OCH3 is 1. The van der Waals surface area contributed by atoms with Gasteiger partial charge in [0.2, 0.25) is 0 Å². The second-order valence-electron chi connectivity index (χ2n) is 2.68. The number of thiophene rings is 2. The highest BCUT2D eigenvalue weighted by molar-refractivity contribution is 7.21. The van der Waals surface area contributed by atoms with E-state index in [2.05, 4.69) is 29.6 Å². The maximum absolute atomic E-state index is 5.07. The van der Waals surface area contributed by atoms with Gasteiger partial charge in [0.15, 0.2) is 0 Å². The van der Waals surface area contributed by atoms with Crippen LogP contribution in [0.15, 0.2) is 29.6 Å². The molecule has 68 valence electrons. The predicted octanol–water partition coefficient (Wildman–Crippen LogP) is 3.62. The molecular formula is C10H10OS2. The fourth-order valence-corrected chi connectivity index (χ4v) is 2.96. The van der Waals surface area contributed by atoms with E-state index in [0.717, 1.165) is 6.61 Å². The van der Waals surface area contributed by atoms with Crippen molar-refractivity contribution in [3.8, 4) is 9.75 Å². The average Bonchev–Trinajstić information content (AvgIpc) is 2.70. The SMILES string of the molecule is COCc1ccc(-c2cccs2)s1. The van der Waals surface area contributed by atoms with Crippen LogP contribution < -0.4 is 0 Å². The zero-order valence-electron chi connectivity index (χ0n) is 7.32. The first kappa shape index (κ1) is 8.94. The van der Waals surface area contributed by atoms with E-state index >= 15 is 0 Å². The van der Waals surface area contributed by atoms with Gasteiger partial charge in [-0.1, -0.05) is 6.07 Å². The molecule has 0 saturated heterocycles. The van der Waals surface area contributed by atoms with Crippen molar-refractivity contribution in [2.75, 3.05) is 7.11 Å². The Hall–Kier alpha value is -0.640. The quantitative estimate of drug-likeness (QED) is 0.751. The third-order valence-electron chi connectivity index (χ3n) is 1.71. The third-order valence-corrected chi connectivity index (χ3v) is 3.84. The highest BCUT2D eigenvalue weighted by Gasteiger charge is 2.02. The first-order valence-electron chi connectivity index (χ1n) is 4.01. The molecule has 2 aromatic rings. The van der Waals surface area contributed by atoms with Crippen LogP contribution in [-0.2, 0) is 11.3 Å². The molecule has 2 heterocycles. The van der Waals surface area contributed by atoms with Crippen LogP contribution in [0.4, 0.5) is 0 Å². The zero-order valence-corrected chi connectivity index (χ0v) is 8.95. The lowest BCUT2D eigenvalue weighted by Gasteiger charge is -1.91. The summed E-state index contributed by atoms with van der Waals surface area (Å²) in [5.41, 5.74) is 0. The summed E-state index contributed by atoms with van der Waals surface area (Å²) < 4.78 is 5.07. The summed E-state index contributed by atoms with van der Waals surface area (Å²) in [4.78, 5) is 3.96. The standard InChI is InChI=1S/C10H10OS2/c1-11-7-8-4-5-10(13-8)9-3-2-6-12-9/h2-6H,7H2,1H3.